The summed E-state index contributed by atoms with van der Waals surface area (Å²) in [6.07, 6.45) is 1.59. The Hall–Kier alpha value is -3.21. The molecule has 2 aromatic carbocycles. The van der Waals surface area contributed by atoms with Gasteiger partial charge in [0, 0.05) is 11.6 Å². The summed E-state index contributed by atoms with van der Waals surface area (Å²) in [5.74, 6) is -0.310. The maximum absolute atomic E-state index is 12.6. The van der Waals surface area contributed by atoms with Crippen molar-refractivity contribution in [2.24, 2.45) is 0 Å². The van der Waals surface area contributed by atoms with E-state index in [1.165, 1.54) is 0 Å². The van der Waals surface area contributed by atoms with Crippen LogP contribution in [0.1, 0.15) is 20.7 Å². The zero-order chi connectivity index (χ0) is 15.1. The average Bonchev–Trinajstić information content (AvgIpc) is 2.57. The van der Waals surface area contributed by atoms with Crippen molar-refractivity contribution in [1.29, 1.82) is 0 Å². The molecule has 0 saturated carbocycles. The summed E-state index contributed by atoms with van der Waals surface area (Å²) in [7, 11) is 0. The second-order valence-corrected chi connectivity index (χ2v) is 4.98. The number of imide groups is 1. The number of pyridine rings is 1. The molecule has 0 atom stereocenters. The van der Waals surface area contributed by atoms with E-state index in [4.69, 9.17) is 0 Å². The molecule has 106 valence electrons. The van der Waals surface area contributed by atoms with Gasteiger partial charge in [0.15, 0.2) is 0 Å². The molecule has 2 amide bonds. The summed E-state index contributed by atoms with van der Waals surface area (Å²) >= 11 is 0. The van der Waals surface area contributed by atoms with Crippen LogP contribution in [0.4, 0.5) is 5.82 Å². The van der Waals surface area contributed by atoms with Gasteiger partial charge in [0.25, 0.3) is 11.8 Å². The smallest absolute Gasteiger partial charge is 0.271 e. The molecule has 0 bridgehead atoms. The molecule has 1 aliphatic heterocycles. The van der Waals surface area contributed by atoms with Gasteiger partial charge in [-0.3, -0.25) is 15.0 Å². The van der Waals surface area contributed by atoms with Gasteiger partial charge < -0.3 is 0 Å². The molecule has 5 heteroatoms. The van der Waals surface area contributed by atoms with E-state index in [1.807, 2.05) is 24.3 Å². The number of nitrogens with zero attached hydrogens (tertiary/aromatic N) is 2. The van der Waals surface area contributed by atoms with Crippen LogP contribution in [0.3, 0.4) is 0 Å². The van der Waals surface area contributed by atoms with Crippen molar-refractivity contribution >= 4 is 28.4 Å². The van der Waals surface area contributed by atoms with Crippen LogP contribution in [0.5, 0.6) is 0 Å². The van der Waals surface area contributed by atoms with E-state index in [0.717, 1.165) is 10.4 Å². The Balaban J connectivity index is 1.85. The van der Waals surface area contributed by atoms with Gasteiger partial charge in [0.1, 0.15) is 5.82 Å². The standard InChI is InChI=1S/C17H11N3O2/c21-16-12-7-3-5-11-6-4-8-13(15(11)12)17(22)20(16)19-14-9-1-2-10-18-14/h1-10H,(H,18,19). The van der Waals surface area contributed by atoms with E-state index >= 15 is 0 Å². The Morgan fingerprint density at radius 3 is 2.09 bits per heavy atom. The number of rotatable bonds is 2. The summed E-state index contributed by atoms with van der Waals surface area (Å²) in [6, 6.07) is 16.1. The number of carbonyl (C=O) groups excluding carboxylic acids is 2. The van der Waals surface area contributed by atoms with Crippen molar-refractivity contribution in [3.63, 3.8) is 0 Å². The molecular formula is C17H11N3O2. The maximum Gasteiger partial charge on any atom is 0.280 e. The van der Waals surface area contributed by atoms with E-state index in [1.54, 1.807) is 36.5 Å². The molecule has 0 unspecified atom stereocenters. The lowest BCUT2D eigenvalue weighted by Crippen LogP contribution is -2.44. The second kappa shape index (κ2) is 4.66. The monoisotopic (exact) mass is 289 g/mol. The zero-order valence-electron chi connectivity index (χ0n) is 11.5. The van der Waals surface area contributed by atoms with Crippen molar-refractivity contribution in [2.45, 2.75) is 0 Å². The van der Waals surface area contributed by atoms with E-state index in [2.05, 4.69) is 10.4 Å². The number of carbonyl (C=O) groups is 2. The van der Waals surface area contributed by atoms with Crippen molar-refractivity contribution < 1.29 is 9.59 Å². The van der Waals surface area contributed by atoms with Crippen LogP contribution in [-0.4, -0.2) is 21.8 Å². The largest absolute Gasteiger partial charge is 0.280 e. The Morgan fingerprint density at radius 1 is 0.818 bits per heavy atom. The number of nitrogens with one attached hydrogen (secondary N) is 1. The number of aromatic nitrogens is 1. The minimum absolute atomic E-state index is 0.375. The fourth-order valence-electron chi connectivity index (χ4n) is 2.68. The highest BCUT2D eigenvalue weighted by Gasteiger charge is 2.33. The van der Waals surface area contributed by atoms with Crippen LogP contribution in [0, 0.1) is 0 Å². The van der Waals surface area contributed by atoms with Crippen LogP contribution < -0.4 is 5.43 Å². The van der Waals surface area contributed by atoms with Crippen LogP contribution >= 0.6 is 0 Å². The SMILES string of the molecule is O=C1c2cccc3cccc(c23)C(=O)N1Nc1ccccn1. The van der Waals surface area contributed by atoms with E-state index < -0.39 is 0 Å². The Morgan fingerprint density at radius 2 is 1.50 bits per heavy atom. The first-order valence-corrected chi connectivity index (χ1v) is 6.84. The Labute approximate surface area is 126 Å². The zero-order valence-corrected chi connectivity index (χ0v) is 11.5. The predicted octanol–water partition coefficient (Wildman–Crippen LogP) is 2.86. The lowest BCUT2D eigenvalue weighted by molar-refractivity contribution is 0.0648. The van der Waals surface area contributed by atoms with Gasteiger partial charge in [-0.25, -0.2) is 4.98 Å². The number of hydrazine groups is 1. The van der Waals surface area contributed by atoms with Crippen LogP contribution in [0.15, 0.2) is 60.8 Å². The van der Waals surface area contributed by atoms with Gasteiger partial charge in [-0.1, -0.05) is 30.3 Å². The van der Waals surface area contributed by atoms with Crippen molar-refractivity contribution in [2.75, 3.05) is 5.43 Å². The molecule has 0 aliphatic carbocycles. The molecule has 1 aliphatic rings. The molecule has 4 rings (SSSR count). The first-order valence-electron chi connectivity index (χ1n) is 6.84. The number of hydrogen-bond acceptors (Lipinski definition) is 4. The number of hydrogen-bond donors (Lipinski definition) is 1. The number of amides is 2. The van der Waals surface area contributed by atoms with E-state index in [-0.39, 0.29) is 11.8 Å². The van der Waals surface area contributed by atoms with Crippen LogP contribution in [0.2, 0.25) is 0 Å². The molecule has 3 aromatic rings. The fraction of sp³-hybridized carbons (Fsp3) is 0. The molecule has 0 spiro atoms. The third-order valence-electron chi connectivity index (χ3n) is 3.66. The summed E-state index contributed by atoms with van der Waals surface area (Å²) < 4.78 is 0. The number of anilines is 1. The molecule has 1 aromatic heterocycles. The van der Waals surface area contributed by atoms with Gasteiger partial charge >= 0.3 is 0 Å². The quantitative estimate of drug-likeness (QED) is 0.737. The maximum atomic E-state index is 12.6. The Kier molecular flexibility index (Phi) is 2.66. The molecule has 2 heterocycles. The van der Waals surface area contributed by atoms with Crippen molar-refractivity contribution in [3.8, 4) is 0 Å². The highest BCUT2D eigenvalue weighted by atomic mass is 16.2. The molecule has 0 saturated heterocycles. The lowest BCUT2D eigenvalue weighted by atomic mass is 9.95. The lowest BCUT2D eigenvalue weighted by Gasteiger charge is -2.27. The summed E-state index contributed by atoms with van der Waals surface area (Å²) in [5.41, 5.74) is 3.81. The van der Waals surface area contributed by atoms with Gasteiger partial charge in [-0.05, 0) is 29.7 Å². The highest BCUT2D eigenvalue weighted by Crippen LogP contribution is 2.29. The van der Waals surface area contributed by atoms with Crippen LogP contribution in [0.25, 0.3) is 10.8 Å². The Bertz CT molecular complexity index is 855. The molecule has 1 N–H and O–H groups in total. The molecule has 5 nitrogen and oxygen atoms in total. The third kappa shape index (κ3) is 1.76. The van der Waals surface area contributed by atoms with Gasteiger partial charge in [0.2, 0.25) is 0 Å². The molecule has 0 fully saturated rings. The van der Waals surface area contributed by atoms with Gasteiger partial charge in [0.05, 0.1) is 11.1 Å². The van der Waals surface area contributed by atoms with Gasteiger partial charge in [-0.2, -0.15) is 5.01 Å². The summed E-state index contributed by atoms with van der Waals surface area (Å²) in [6.45, 7) is 0. The first-order chi connectivity index (χ1) is 10.8. The highest BCUT2D eigenvalue weighted by molar-refractivity contribution is 6.25. The average molecular weight is 289 g/mol. The van der Waals surface area contributed by atoms with Gasteiger partial charge in [-0.15, -0.1) is 0 Å². The van der Waals surface area contributed by atoms with E-state index in [0.29, 0.717) is 22.3 Å². The second-order valence-electron chi connectivity index (χ2n) is 4.98. The normalized spacial score (nSPS) is 13.5. The molecular weight excluding hydrogens is 278 g/mol. The van der Waals surface area contributed by atoms with Crippen molar-refractivity contribution in [1.82, 2.24) is 9.99 Å². The van der Waals surface area contributed by atoms with Crippen molar-refractivity contribution in [3.05, 3.63) is 71.9 Å². The first kappa shape index (κ1) is 12.5. The summed E-state index contributed by atoms with van der Waals surface area (Å²) in [4.78, 5) is 29.4. The minimum atomic E-state index is -0.375. The third-order valence-corrected chi connectivity index (χ3v) is 3.66. The minimum Gasteiger partial charge on any atom is -0.271 e. The molecule has 22 heavy (non-hydrogen) atoms. The fourth-order valence-corrected chi connectivity index (χ4v) is 2.68. The van der Waals surface area contributed by atoms with Crippen LogP contribution in [-0.2, 0) is 0 Å². The topological polar surface area (TPSA) is 62.3 Å². The molecule has 0 radical (unpaired) electrons. The predicted molar refractivity (Wildman–Crippen MR) is 82.3 cm³/mol. The number of benzene rings is 2. The summed E-state index contributed by atoms with van der Waals surface area (Å²) in [5, 5.41) is 2.60. The van der Waals surface area contributed by atoms with E-state index in [9.17, 15) is 9.59 Å².